The van der Waals surface area contributed by atoms with Crippen LogP contribution in [0.2, 0.25) is 10.4 Å². The van der Waals surface area contributed by atoms with E-state index in [1.165, 1.54) is 0 Å². The van der Waals surface area contributed by atoms with Gasteiger partial charge in [-0.1, -0.05) is 11.6 Å². The highest BCUT2D eigenvalue weighted by Gasteiger charge is 2.08. The van der Waals surface area contributed by atoms with Gasteiger partial charge in [-0.25, -0.2) is 9.97 Å². The molecule has 2 rings (SSSR count). The van der Waals surface area contributed by atoms with E-state index in [-0.39, 0.29) is 5.28 Å². The average molecular weight is 257 g/mol. The number of aryl methyl sites for hydroxylation is 1. The van der Waals surface area contributed by atoms with Crippen LogP contribution in [0, 0.1) is 6.92 Å². The van der Waals surface area contributed by atoms with Crippen LogP contribution in [-0.4, -0.2) is 16.6 Å². The minimum absolute atomic E-state index is 0.154. The number of aromatic nitrogens is 2. The molecule has 16 heavy (non-hydrogen) atoms. The Bertz CT molecular complexity index is 543. The Morgan fingerprint density at radius 1 is 1.25 bits per heavy atom. The monoisotopic (exact) mass is 256 g/mol. The molecule has 0 fully saturated rings. The van der Waals surface area contributed by atoms with Crippen LogP contribution in [0.4, 0.5) is 0 Å². The fourth-order valence-corrected chi connectivity index (χ4v) is 1.96. The normalized spacial score (nSPS) is 10.8. The zero-order chi connectivity index (χ0) is 11.7. The topological polar surface area (TPSA) is 35.0 Å². The highest BCUT2D eigenvalue weighted by Crippen LogP contribution is 2.29. The SMILES string of the molecule is CCOc1cc2c(Cl)nc(Cl)nc2cc1C. The van der Waals surface area contributed by atoms with E-state index in [0.29, 0.717) is 11.8 Å². The van der Waals surface area contributed by atoms with Crippen LogP contribution in [0.15, 0.2) is 12.1 Å². The van der Waals surface area contributed by atoms with Gasteiger partial charge in [-0.2, -0.15) is 0 Å². The number of hydrogen-bond donors (Lipinski definition) is 0. The molecule has 0 atom stereocenters. The predicted octanol–water partition coefficient (Wildman–Crippen LogP) is 3.64. The van der Waals surface area contributed by atoms with Gasteiger partial charge in [-0.05, 0) is 43.1 Å². The molecule has 0 aliphatic heterocycles. The van der Waals surface area contributed by atoms with Crippen molar-refractivity contribution in [2.75, 3.05) is 6.61 Å². The van der Waals surface area contributed by atoms with Crippen molar-refractivity contribution >= 4 is 34.1 Å². The summed E-state index contributed by atoms with van der Waals surface area (Å²) in [4.78, 5) is 8.01. The molecule has 0 bridgehead atoms. The number of nitrogens with zero attached hydrogens (tertiary/aromatic N) is 2. The van der Waals surface area contributed by atoms with E-state index in [0.717, 1.165) is 22.2 Å². The van der Waals surface area contributed by atoms with Crippen LogP contribution < -0.4 is 4.74 Å². The molecule has 0 aliphatic rings. The van der Waals surface area contributed by atoms with Crippen LogP contribution in [0.1, 0.15) is 12.5 Å². The van der Waals surface area contributed by atoms with Gasteiger partial charge in [-0.3, -0.25) is 0 Å². The van der Waals surface area contributed by atoms with Gasteiger partial charge in [0.1, 0.15) is 10.9 Å². The summed E-state index contributed by atoms with van der Waals surface area (Å²) in [6, 6.07) is 3.73. The molecule has 2 aromatic rings. The zero-order valence-corrected chi connectivity index (χ0v) is 10.4. The molecule has 84 valence electrons. The number of ether oxygens (including phenoxy) is 1. The van der Waals surface area contributed by atoms with Crippen molar-refractivity contribution in [3.05, 3.63) is 28.1 Å². The van der Waals surface area contributed by atoms with Crippen molar-refractivity contribution in [3.8, 4) is 5.75 Å². The summed E-state index contributed by atoms with van der Waals surface area (Å²) in [7, 11) is 0. The highest BCUT2D eigenvalue weighted by atomic mass is 35.5. The maximum atomic E-state index is 6.00. The lowest BCUT2D eigenvalue weighted by Crippen LogP contribution is -1.95. The standard InChI is InChI=1S/C11H10Cl2N2O/c1-3-16-9-5-7-8(4-6(9)2)14-11(13)15-10(7)12/h4-5H,3H2,1-2H3. The zero-order valence-electron chi connectivity index (χ0n) is 8.92. The molecule has 0 saturated carbocycles. The molecule has 0 aliphatic carbocycles. The summed E-state index contributed by atoms with van der Waals surface area (Å²) >= 11 is 11.7. The van der Waals surface area contributed by atoms with Gasteiger partial charge < -0.3 is 4.74 Å². The van der Waals surface area contributed by atoms with Crippen molar-refractivity contribution in [1.82, 2.24) is 9.97 Å². The van der Waals surface area contributed by atoms with Crippen molar-refractivity contribution in [1.29, 1.82) is 0 Å². The van der Waals surface area contributed by atoms with E-state index in [9.17, 15) is 0 Å². The lowest BCUT2D eigenvalue weighted by molar-refractivity contribution is 0.338. The van der Waals surface area contributed by atoms with E-state index in [1.807, 2.05) is 26.0 Å². The van der Waals surface area contributed by atoms with Gasteiger partial charge in [-0.15, -0.1) is 0 Å². The van der Waals surface area contributed by atoms with Crippen molar-refractivity contribution in [2.24, 2.45) is 0 Å². The van der Waals surface area contributed by atoms with Gasteiger partial charge in [0.25, 0.3) is 0 Å². The Morgan fingerprint density at radius 2 is 2.00 bits per heavy atom. The number of rotatable bonds is 2. The predicted molar refractivity (Wildman–Crippen MR) is 65.5 cm³/mol. The molecule has 0 unspecified atom stereocenters. The van der Waals surface area contributed by atoms with Crippen molar-refractivity contribution < 1.29 is 4.74 Å². The lowest BCUT2D eigenvalue weighted by Gasteiger charge is -2.09. The fraction of sp³-hybridized carbons (Fsp3) is 0.273. The molecule has 0 radical (unpaired) electrons. The van der Waals surface area contributed by atoms with Gasteiger partial charge in [0.15, 0.2) is 0 Å². The fourth-order valence-electron chi connectivity index (χ4n) is 1.51. The molecule has 0 spiro atoms. The Morgan fingerprint density at radius 3 is 2.69 bits per heavy atom. The number of benzene rings is 1. The smallest absolute Gasteiger partial charge is 0.224 e. The Balaban J connectivity index is 2.69. The second-order valence-corrected chi connectivity index (χ2v) is 4.05. The Kier molecular flexibility index (Phi) is 3.17. The lowest BCUT2D eigenvalue weighted by atomic mass is 10.1. The van der Waals surface area contributed by atoms with E-state index in [2.05, 4.69) is 9.97 Å². The second-order valence-electron chi connectivity index (χ2n) is 3.35. The van der Waals surface area contributed by atoms with Crippen molar-refractivity contribution in [3.63, 3.8) is 0 Å². The third-order valence-corrected chi connectivity index (χ3v) is 2.68. The molecule has 0 saturated heterocycles. The van der Waals surface area contributed by atoms with Crippen LogP contribution in [0.3, 0.4) is 0 Å². The van der Waals surface area contributed by atoms with Crippen molar-refractivity contribution in [2.45, 2.75) is 13.8 Å². The third kappa shape index (κ3) is 2.06. The molecule has 1 aromatic heterocycles. The molecule has 3 nitrogen and oxygen atoms in total. The highest BCUT2D eigenvalue weighted by molar-refractivity contribution is 6.35. The maximum Gasteiger partial charge on any atom is 0.224 e. The first-order valence-electron chi connectivity index (χ1n) is 4.88. The maximum absolute atomic E-state index is 6.00. The van der Waals surface area contributed by atoms with Crippen LogP contribution >= 0.6 is 23.2 Å². The minimum atomic E-state index is 0.154. The Labute approximate surface area is 103 Å². The summed E-state index contributed by atoms with van der Waals surface area (Å²) in [5.41, 5.74) is 1.73. The van der Waals surface area contributed by atoms with Crippen LogP contribution in [0.25, 0.3) is 10.9 Å². The summed E-state index contributed by atoms with van der Waals surface area (Å²) in [5.74, 6) is 0.794. The molecule has 5 heteroatoms. The minimum Gasteiger partial charge on any atom is -0.494 e. The summed E-state index contributed by atoms with van der Waals surface area (Å²) < 4.78 is 5.48. The number of fused-ring (bicyclic) bond motifs is 1. The van der Waals surface area contributed by atoms with Crippen LogP contribution in [0.5, 0.6) is 5.75 Å². The van der Waals surface area contributed by atoms with E-state index < -0.39 is 0 Å². The van der Waals surface area contributed by atoms with E-state index in [4.69, 9.17) is 27.9 Å². The molecule has 1 heterocycles. The first-order valence-corrected chi connectivity index (χ1v) is 5.63. The number of hydrogen-bond acceptors (Lipinski definition) is 3. The first kappa shape index (κ1) is 11.4. The molecule has 0 amide bonds. The van der Waals surface area contributed by atoms with Gasteiger partial charge >= 0.3 is 0 Å². The van der Waals surface area contributed by atoms with Gasteiger partial charge in [0, 0.05) is 5.39 Å². The van der Waals surface area contributed by atoms with E-state index >= 15 is 0 Å². The molecular formula is C11H10Cl2N2O. The molecule has 1 aromatic carbocycles. The van der Waals surface area contributed by atoms with Gasteiger partial charge in [0.05, 0.1) is 12.1 Å². The van der Waals surface area contributed by atoms with E-state index in [1.54, 1.807) is 0 Å². The summed E-state index contributed by atoms with van der Waals surface area (Å²) in [6.45, 7) is 4.50. The Hall–Kier alpha value is -1.06. The van der Waals surface area contributed by atoms with Gasteiger partial charge in [0.2, 0.25) is 5.28 Å². The molecule has 0 N–H and O–H groups in total. The largest absolute Gasteiger partial charge is 0.494 e. The molecular weight excluding hydrogens is 247 g/mol. The van der Waals surface area contributed by atoms with Crippen LogP contribution in [-0.2, 0) is 0 Å². The second kappa shape index (κ2) is 4.44. The third-order valence-electron chi connectivity index (χ3n) is 2.22. The summed E-state index contributed by atoms with van der Waals surface area (Å²) in [5, 5.41) is 1.25. The first-order chi connectivity index (χ1) is 7.61. The summed E-state index contributed by atoms with van der Waals surface area (Å²) in [6.07, 6.45) is 0. The quantitative estimate of drug-likeness (QED) is 0.608. The average Bonchev–Trinajstić information content (AvgIpc) is 2.20. The number of halogens is 2.